The minimum Gasteiger partial charge on any atom is -0.375 e. The van der Waals surface area contributed by atoms with Gasteiger partial charge in [-0.2, -0.15) is 0 Å². The Balaban J connectivity index is 2.37. The summed E-state index contributed by atoms with van der Waals surface area (Å²) in [7, 11) is 0. The highest BCUT2D eigenvalue weighted by Gasteiger charge is 1.80. The molecule has 0 saturated carbocycles. The summed E-state index contributed by atoms with van der Waals surface area (Å²) >= 11 is 0. The van der Waals surface area contributed by atoms with Gasteiger partial charge in [-0.3, -0.25) is 10.1 Å². The van der Waals surface area contributed by atoms with Gasteiger partial charge in [0, 0.05) is 0 Å². The molecule has 1 aromatic rings. The fourth-order valence-corrected chi connectivity index (χ4v) is 0.867. The SMILES string of the molecule is O=[N+]([O-])[N-]CC=Cc1ccccc1. The minimum absolute atomic E-state index is 0.113. The third-order valence-corrected chi connectivity index (χ3v) is 1.41. The number of benzene rings is 1. The fourth-order valence-electron chi connectivity index (χ4n) is 0.867. The van der Waals surface area contributed by atoms with Crippen molar-refractivity contribution in [2.75, 3.05) is 6.54 Å². The van der Waals surface area contributed by atoms with Gasteiger partial charge in [0.15, 0.2) is 0 Å². The predicted octanol–water partition coefficient (Wildman–Crippen LogP) is 2.27. The molecule has 0 amide bonds. The van der Waals surface area contributed by atoms with Gasteiger partial charge in [0.05, 0.1) is 0 Å². The van der Waals surface area contributed by atoms with E-state index in [0.717, 1.165) is 5.56 Å². The average Bonchev–Trinajstić information content (AvgIpc) is 2.14. The molecule has 0 aliphatic rings. The number of hydrogen-bond acceptors (Lipinski definition) is 2. The van der Waals surface area contributed by atoms with Crippen molar-refractivity contribution in [1.29, 1.82) is 0 Å². The van der Waals surface area contributed by atoms with E-state index in [-0.39, 0.29) is 6.54 Å². The second kappa shape index (κ2) is 4.92. The van der Waals surface area contributed by atoms with E-state index in [0.29, 0.717) is 0 Å². The van der Waals surface area contributed by atoms with Crippen LogP contribution < -0.4 is 0 Å². The largest absolute Gasteiger partial charge is 0.375 e. The summed E-state index contributed by atoms with van der Waals surface area (Å²) in [5.41, 5.74) is 4.09. The Morgan fingerprint density at radius 1 is 1.38 bits per heavy atom. The number of nitrogens with zero attached hydrogens (tertiary/aromatic N) is 2. The van der Waals surface area contributed by atoms with Crippen molar-refractivity contribution < 1.29 is 5.03 Å². The highest BCUT2D eigenvalue weighted by atomic mass is 16.7. The van der Waals surface area contributed by atoms with E-state index in [1.165, 1.54) is 0 Å². The van der Waals surface area contributed by atoms with E-state index in [1.807, 2.05) is 30.3 Å². The van der Waals surface area contributed by atoms with Gasteiger partial charge in [-0.25, -0.2) is 0 Å². The van der Waals surface area contributed by atoms with Crippen LogP contribution in [0.4, 0.5) is 0 Å². The maximum atomic E-state index is 9.82. The first-order valence-corrected chi connectivity index (χ1v) is 3.82. The summed E-state index contributed by atoms with van der Waals surface area (Å²) < 4.78 is 0. The second-order valence-corrected chi connectivity index (χ2v) is 2.37. The van der Waals surface area contributed by atoms with Crippen molar-refractivity contribution in [3.63, 3.8) is 0 Å². The van der Waals surface area contributed by atoms with Gasteiger partial charge < -0.3 is 5.43 Å². The average molecular weight is 177 g/mol. The molecule has 0 N–H and O–H groups in total. The van der Waals surface area contributed by atoms with Crippen LogP contribution in [0.2, 0.25) is 0 Å². The smallest absolute Gasteiger partial charge is 0.0124 e. The summed E-state index contributed by atoms with van der Waals surface area (Å²) in [6.45, 7) is 0.113. The first-order chi connectivity index (χ1) is 6.29. The molecule has 1 rings (SSSR count). The first-order valence-electron chi connectivity index (χ1n) is 3.82. The molecular weight excluding hydrogens is 168 g/mol. The van der Waals surface area contributed by atoms with Crippen LogP contribution in [0, 0.1) is 10.1 Å². The lowest BCUT2D eigenvalue weighted by molar-refractivity contribution is -0.425. The normalized spacial score (nSPS) is 10.2. The Morgan fingerprint density at radius 2 is 2.08 bits per heavy atom. The molecule has 0 heterocycles. The maximum absolute atomic E-state index is 9.82. The molecule has 0 atom stereocenters. The van der Waals surface area contributed by atoms with Crippen LogP contribution in [-0.4, -0.2) is 11.6 Å². The third kappa shape index (κ3) is 3.91. The van der Waals surface area contributed by atoms with E-state index in [2.05, 4.69) is 5.43 Å². The molecule has 68 valence electrons. The molecule has 0 unspecified atom stereocenters. The van der Waals surface area contributed by atoms with Crippen LogP contribution >= 0.6 is 0 Å². The zero-order valence-corrected chi connectivity index (χ0v) is 6.96. The number of nitro groups is 1. The quantitative estimate of drug-likeness (QED) is 0.523. The zero-order chi connectivity index (χ0) is 9.52. The summed E-state index contributed by atoms with van der Waals surface area (Å²) in [6.07, 6.45) is 3.45. The molecule has 0 aliphatic carbocycles. The molecule has 0 bridgehead atoms. The maximum Gasteiger partial charge on any atom is -0.0124 e. The molecule has 0 saturated heterocycles. The van der Waals surface area contributed by atoms with Crippen molar-refractivity contribution in [3.8, 4) is 0 Å². The molecule has 0 spiro atoms. The van der Waals surface area contributed by atoms with Crippen LogP contribution in [0.3, 0.4) is 0 Å². The summed E-state index contributed by atoms with van der Waals surface area (Å²) in [5.74, 6) is 0. The number of rotatable bonds is 4. The minimum atomic E-state index is -0.685. The summed E-state index contributed by atoms with van der Waals surface area (Å²) in [4.78, 5) is 9.82. The van der Waals surface area contributed by atoms with Crippen molar-refractivity contribution in [1.82, 2.24) is 0 Å². The van der Waals surface area contributed by atoms with E-state index in [9.17, 15) is 10.1 Å². The van der Waals surface area contributed by atoms with E-state index in [1.54, 1.807) is 12.2 Å². The molecular formula is C9H9N2O2-. The molecule has 13 heavy (non-hydrogen) atoms. The lowest BCUT2D eigenvalue weighted by Crippen LogP contribution is -1.90. The van der Waals surface area contributed by atoms with Gasteiger partial charge >= 0.3 is 0 Å². The van der Waals surface area contributed by atoms with Gasteiger partial charge in [0.25, 0.3) is 0 Å². The molecule has 0 aliphatic heterocycles. The zero-order valence-electron chi connectivity index (χ0n) is 6.96. The van der Waals surface area contributed by atoms with Gasteiger partial charge in [-0.05, 0) is 10.6 Å². The highest BCUT2D eigenvalue weighted by Crippen LogP contribution is 2.01. The standard InChI is InChI=1S/C9H9N2O2/c12-11(13)10-8-4-7-9-5-2-1-3-6-9/h1-7H,8H2/q-1. The molecule has 4 nitrogen and oxygen atoms in total. The van der Waals surface area contributed by atoms with E-state index >= 15 is 0 Å². The molecule has 0 fully saturated rings. The Morgan fingerprint density at radius 3 is 2.69 bits per heavy atom. The first kappa shape index (κ1) is 9.25. The monoisotopic (exact) mass is 177 g/mol. The van der Waals surface area contributed by atoms with Crippen LogP contribution in [0.1, 0.15) is 5.56 Å². The van der Waals surface area contributed by atoms with Crippen molar-refractivity contribution in [2.45, 2.75) is 0 Å². The highest BCUT2D eigenvalue weighted by molar-refractivity contribution is 5.49. The van der Waals surface area contributed by atoms with Crippen molar-refractivity contribution in [3.05, 3.63) is 57.5 Å². The lowest BCUT2D eigenvalue weighted by Gasteiger charge is -2.02. The molecule has 0 radical (unpaired) electrons. The summed E-state index contributed by atoms with van der Waals surface area (Å²) in [6, 6.07) is 9.57. The van der Waals surface area contributed by atoms with Crippen LogP contribution in [0.15, 0.2) is 36.4 Å². The van der Waals surface area contributed by atoms with Gasteiger partial charge in [-0.15, -0.1) is 0 Å². The Kier molecular flexibility index (Phi) is 3.50. The molecule has 1 aromatic carbocycles. The predicted molar refractivity (Wildman–Crippen MR) is 50.7 cm³/mol. The van der Waals surface area contributed by atoms with Gasteiger partial charge in [-0.1, -0.05) is 49.0 Å². The molecule has 4 heteroatoms. The van der Waals surface area contributed by atoms with Crippen molar-refractivity contribution in [2.24, 2.45) is 0 Å². The topological polar surface area (TPSA) is 57.2 Å². The summed E-state index contributed by atoms with van der Waals surface area (Å²) in [5, 5.41) is 9.13. The van der Waals surface area contributed by atoms with Crippen LogP contribution in [-0.2, 0) is 0 Å². The Labute approximate surface area is 76.0 Å². The van der Waals surface area contributed by atoms with Gasteiger partial charge in [0.1, 0.15) is 0 Å². The fraction of sp³-hybridized carbons (Fsp3) is 0.111. The van der Waals surface area contributed by atoms with Crippen molar-refractivity contribution >= 4 is 6.08 Å². The second-order valence-electron chi connectivity index (χ2n) is 2.37. The van der Waals surface area contributed by atoms with E-state index in [4.69, 9.17) is 0 Å². The lowest BCUT2D eigenvalue weighted by atomic mass is 10.2. The van der Waals surface area contributed by atoms with Gasteiger partial charge in [0.2, 0.25) is 0 Å². The number of hydrogen-bond donors (Lipinski definition) is 0. The molecule has 0 aromatic heterocycles. The van der Waals surface area contributed by atoms with Crippen LogP contribution in [0.5, 0.6) is 0 Å². The van der Waals surface area contributed by atoms with Crippen LogP contribution in [0.25, 0.3) is 11.5 Å². The Bertz CT molecular complexity index is 296. The third-order valence-electron chi connectivity index (χ3n) is 1.41. The van der Waals surface area contributed by atoms with E-state index < -0.39 is 5.03 Å². The Hall–Kier alpha value is -1.84.